The molecule has 9 heteroatoms. The number of aromatic nitrogens is 1. The quantitative estimate of drug-likeness (QED) is 0.479. The van der Waals surface area contributed by atoms with E-state index in [0.717, 1.165) is 0 Å². The molecule has 0 atom stereocenters. The van der Waals surface area contributed by atoms with Crippen LogP contribution in [0.5, 0.6) is 0 Å². The average Bonchev–Trinajstić information content (AvgIpc) is 2.51. The minimum absolute atomic E-state index is 0.0469. The van der Waals surface area contributed by atoms with Crippen LogP contribution in [0.25, 0.3) is 0 Å². The summed E-state index contributed by atoms with van der Waals surface area (Å²) in [6, 6.07) is 7.51. The highest BCUT2D eigenvalue weighted by Crippen LogP contribution is 2.23. The fourth-order valence-corrected chi connectivity index (χ4v) is 2.40. The molecule has 0 aliphatic heterocycles. The molecule has 0 radical (unpaired) electrons. The molecular weight excluding hydrogens is 355 g/mol. The van der Waals surface area contributed by atoms with Gasteiger partial charge in [0.2, 0.25) is 5.91 Å². The molecule has 0 bridgehead atoms. The molecule has 0 aliphatic rings. The number of non-ortho nitro benzene ring substituents is 1. The summed E-state index contributed by atoms with van der Waals surface area (Å²) in [6.45, 7) is 0.346. The number of halogens is 2. The van der Waals surface area contributed by atoms with Gasteiger partial charge in [-0.15, -0.1) is 0 Å². The summed E-state index contributed by atoms with van der Waals surface area (Å²) in [6.07, 6.45) is 1.52. The van der Waals surface area contributed by atoms with E-state index in [2.05, 4.69) is 10.3 Å². The fourth-order valence-electron chi connectivity index (χ4n) is 2.06. The van der Waals surface area contributed by atoms with Gasteiger partial charge in [0.15, 0.2) is 5.15 Å². The number of hydrogen-bond acceptors (Lipinski definition) is 5. The molecule has 126 valence electrons. The second-order valence-electron chi connectivity index (χ2n) is 5.10. The second-order valence-corrected chi connectivity index (χ2v) is 5.86. The van der Waals surface area contributed by atoms with Gasteiger partial charge in [-0.1, -0.05) is 23.2 Å². The Labute approximate surface area is 148 Å². The maximum Gasteiger partial charge on any atom is 0.269 e. The van der Waals surface area contributed by atoms with Crippen molar-refractivity contribution in [3.8, 4) is 0 Å². The van der Waals surface area contributed by atoms with Crippen LogP contribution in [0.15, 0.2) is 36.5 Å². The Balaban J connectivity index is 1.99. The summed E-state index contributed by atoms with van der Waals surface area (Å²) in [5.41, 5.74) is 0.945. The number of likely N-dealkylation sites (N-methyl/N-ethyl adjacent to an activating group) is 1. The first-order chi connectivity index (χ1) is 11.4. The van der Waals surface area contributed by atoms with E-state index < -0.39 is 4.92 Å². The fraction of sp³-hybridized carbons (Fsp3) is 0.200. The Hall–Kier alpha value is -2.22. The Kier molecular flexibility index (Phi) is 6.08. The van der Waals surface area contributed by atoms with Gasteiger partial charge in [0.05, 0.1) is 17.2 Å². The van der Waals surface area contributed by atoms with Crippen LogP contribution in [0.1, 0.15) is 5.56 Å². The van der Waals surface area contributed by atoms with Gasteiger partial charge in [-0.3, -0.25) is 19.8 Å². The number of rotatable bonds is 6. The third kappa shape index (κ3) is 4.89. The van der Waals surface area contributed by atoms with Gasteiger partial charge in [0.1, 0.15) is 0 Å². The third-order valence-electron chi connectivity index (χ3n) is 3.13. The topological polar surface area (TPSA) is 88.4 Å². The lowest BCUT2D eigenvalue weighted by atomic mass is 10.2. The van der Waals surface area contributed by atoms with Crippen LogP contribution < -0.4 is 5.32 Å². The van der Waals surface area contributed by atoms with Crippen molar-refractivity contribution in [2.24, 2.45) is 0 Å². The molecule has 0 saturated heterocycles. The summed E-state index contributed by atoms with van der Waals surface area (Å²) in [4.78, 5) is 27.9. The first-order valence-corrected chi connectivity index (χ1v) is 7.64. The molecule has 2 rings (SSSR count). The summed E-state index contributed by atoms with van der Waals surface area (Å²) in [7, 11) is 1.71. The summed E-state index contributed by atoms with van der Waals surface area (Å²) < 4.78 is 0. The van der Waals surface area contributed by atoms with E-state index in [1.165, 1.54) is 24.4 Å². The average molecular weight is 369 g/mol. The monoisotopic (exact) mass is 368 g/mol. The predicted molar refractivity (Wildman–Crippen MR) is 92.3 cm³/mol. The zero-order chi connectivity index (χ0) is 17.7. The van der Waals surface area contributed by atoms with Gasteiger partial charge in [0.25, 0.3) is 5.69 Å². The van der Waals surface area contributed by atoms with Crippen LogP contribution in [0.4, 0.5) is 11.4 Å². The number of anilines is 1. The van der Waals surface area contributed by atoms with E-state index in [0.29, 0.717) is 16.3 Å². The van der Waals surface area contributed by atoms with Gasteiger partial charge >= 0.3 is 0 Å². The molecule has 0 unspecified atom stereocenters. The minimum atomic E-state index is -0.489. The minimum Gasteiger partial charge on any atom is -0.322 e. The molecular formula is C15H14Cl2N4O3. The maximum absolute atomic E-state index is 12.0. The molecule has 1 aromatic heterocycles. The van der Waals surface area contributed by atoms with Crippen molar-refractivity contribution in [2.45, 2.75) is 6.54 Å². The Morgan fingerprint density at radius 3 is 2.79 bits per heavy atom. The molecule has 1 amide bonds. The summed E-state index contributed by atoms with van der Waals surface area (Å²) >= 11 is 11.9. The molecule has 24 heavy (non-hydrogen) atoms. The van der Waals surface area contributed by atoms with Gasteiger partial charge in [-0.05, 0) is 30.8 Å². The van der Waals surface area contributed by atoms with Crippen molar-refractivity contribution in [1.82, 2.24) is 9.88 Å². The predicted octanol–water partition coefficient (Wildman–Crippen LogP) is 3.37. The normalized spacial score (nSPS) is 10.7. The molecule has 0 spiro atoms. The lowest BCUT2D eigenvalue weighted by Crippen LogP contribution is -2.30. The van der Waals surface area contributed by atoms with Crippen LogP contribution in [0.3, 0.4) is 0 Å². The first kappa shape index (κ1) is 18.1. The number of carbonyl (C=O) groups is 1. The highest BCUT2D eigenvalue weighted by atomic mass is 35.5. The highest BCUT2D eigenvalue weighted by Gasteiger charge is 2.14. The van der Waals surface area contributed by atoms with Crippen molar-refractivity contribution in [1.29, 1.82) is 0 Å². The highest BCUT2D eigenvalue weighted by molar-refractivity contribution is 6.32. The number of hydrogen-bond donors (Lipinski definition) is 1. The van der Waals surface area contributed by atoms with Crippen LogP contribution in [0, 0.1) is 10.1 Å². The van der Waals surface area contributed by atoms with Crippen molar-refractivity contribution >= 4 is 40.5 Å². The van der Waals surface area contributed by atoms with Crippen LogP contribution in [-0.4, -0.2) is 34.3 Å². The van der Waals surface area contributed by atoms with Gasteiger partial charge in [-0.2, -0.15) is 0 Å². The number of nitro benzene ring substituents is 1. The third-order valence-corrected chi connectivity index (χ3v) is 3.80. The van der Waals surface area contributed by atoms with E-state index in [1.807, 2.05) is 0 Å². The van der Waals surface area contributed by atoms with Crippen molar-refractivity contribution in [2.75, 3.05) is 18.9 Å². The van der Waals surface area contributed by atoms with Crippen LogP contribution >= 0.6 is 23.2 Å². The molecule has 7 nitrogen and oxygen atoms in total. The van der Waals surface area contributed by atoms with Crippen LogP contribution in [-0.2, 0) is 11.3 Å². The van der Waals surface area contributed by atoms with Gasteiger partial charge in [0, 0.05) is 29.9 Å². The molecule has 0 saturated carbocycles. The van der Waals surface area contributed by atoms with Gasteiger partial charge in [-0.25, -0.2) is 4.98 Å². The van der Waals surface area contributed by atoms with Crippen molar-refractivity contribution in [3.05, 3.63) is 62.4 Å². The molecule has 0 fully saturated rings. The zero-order valence-corrected chi connectivity index (χ0v) is 14.2. The van der Waals surface area contributed by atoms with Crippen LogP contribution in [0.2, 0.25) is 10.2 Å². The number of benzene rings is 1. The number of carbonyl (C=O) groups excluding carboxylic acids is 1. The number of nitrogens with one attached hydrogen (secondary N) is 1. The lowest BCUT2D eigenvalue weighted by molar-refractivity contribution is -0.384. The number of pyridine rings is 1. The van der Waals surface area contributed by atoms with E-state index in [1.54, 1.807) is 24.1 Å². The standard InChI is InChI=1S/C15H14Cl2N4O3/c1-20(8-10-7-11(21(23)24)4-5-12(10)16)9-14(22)19-13-3-2-6-18-15(13)17/h2-7H,8-9H2,1H3,(H,19,22). The molecule has 1 N–H and O–H groups in total. The maximum atomic E-state index is 12.0. The molecule has 1 aromatic carbocycles. The molecule has 1 heterocycles. The number of nitrogens with zero attached hydrogens (tertiary/aromatic N) is 3. The van der Waals surface area contributed by atoms with E-state index >= 15 is 0 Å². The lowest BCUT2D eigenvalue weighted by Gasteiger charge is -2.17. The zero-order valence-electron chi connectivity index (χ0n) is 12.7. The van der Waals surface area contributed by atoms with E-state index in [4.69, 9.17) is 23.2 Å². The summed E-state index contributed by atoms with van der Waals surface area (Å²) in [5.74, 6) is -0.283. The van der Waals surface area contributed by atoms with Crippen molar-refractivity contribution in [3.63, 3.8) is 0 Å². The number of amides is 1. The first-order valence-electron chi connectivity index (χ1n) is 6.88. The largest absolute Gasteiger partial charge is 0.322 e. The van der Waals surface area contributed by atoms with E-state index in [-0.39, 0.29) is 29.8 Å². The van der Waals surface area contributed by atoms with Crippen molar-refractivity contribution < 1.29 is 9.72 Å². The number of nitro groups is 1. The Morgan fingerprint density at radius 1 is 1.38 bits per heavy atom. The second kappa shape index (κ2) is 8.05. The molecule has 2 aromatic rings. The summed E-state index contributed by atoms with van der Waals surface area (Å²) in [5, 5.41) is 14.1. The van der Waals surface area contributed by atoms with E-state index in [9.17, 15) is 14.9 Å². The SMILES string of the molecule is CN(CC(=O)Nc1cccnc1Cl)Cc1cc([N+](=O)[O-])ccc1Cl. The molecule has 0 aliphatic carbocycles. The smallest absolute Gasteiger partial charge is 0.269 e. The Bertz CT molecular complexity index is 770. The van der Waals surface area contributed by atoms with Gasteiger partial charge < -0.3 is 5.32 Å². The Morgan fingerprint density at radius 2 is 2.12 bits per heavy atom.